The van der Waals surface area contributed by atoms with Crippen LogP contribution in [0.3, 0.4) is 0 Å². The smallest absolute Gasteiger partial charge is 0.323 e. The third-order valence-electron chi connectivity index (χ3n) is 2.47. The number of aromatic nitrogens is 2. The number of nitrogens with one attached hydrogen (secondary N) is 1. The van der Waals surface area contributed by atoms with Crippen LogP contribution in [0.15, 0.2) is 10.7 Å². The van der Waals surface area contributed by atoms with Crippen molar-refractivity contribution >= 4 is 29.3 Å². The quantitative estimate of drug-likeness (QED) is 0.565. The molecule has 0 saturated heterocycles. The van der Waals surface area contributed by atoms with Crippen molar-refractivity contribution in [2.24, 2.45) is 0 Å². The van der Waals surface area contributed by atoms with Gasteiger partial charge in [0.05, 0.1) is 0 Å². The lowest BCUT2D eigenvalue weighted by Crippen LogP contribution is -2.52. The summed E-state index contributed by atoms with van der Waals surface area (Å²) in [5.74, 6) is 0.0646. The maximum atomic E-state index is 11.3. The van der Waals surface area contributed by atoms with E-state index in [-0.39, 0.29) is 6.04 Å². The van der Waals surface area contributed by atoms with Crippen LogP contribution < -0.4 is 5.32 Å². The van der Waals surface area contributed by atoms with Crippen molar-refractivity contribution in [3.05, 3.63) is 6.33 Å². The molecule has 18 heavy (non-hydrogen) atoms. The molecule has 0 aromatic carbocycles. The van der Waals surface area contributed by atoms with Gasteiger partial charge in [0.15, 0.2) is 4.34 Å². The second-order valence-electron chi connectivity index (χ2n) is 4.60. The van der Waals surface area contributed by atoms with Crippen molar-refractivity contribution in [1.29, 1.82) is 0 Å². The Hall–Kier alpha value is -0.660. The second kappa shape index (κ2) is 7.06. The van der Waals surface area contributed by atoms with Gasteiger partial charge in [-0.1, -0.05) is 11.8 Å². The van der Waals surface area contributed by atoms with Gasteiger partial charge in [0.1, 0.15) is 11.9 Å². The molecule has 0 bridgehead atoms. The minimum atomic E-state index is -0.851. The Balaban J connectivity index is 2.36. The van der Waals surface area contributed by atoms with Crippen molar-refractivity contribution in [3.8, 4) is 0 Å². The van der Waals surface area contributed by atoms with Gasteiger partial charge in [-0.25, -0.2) is 4.98 Å². The molecule has 102 valence electrons. The summed E-state index contributed by atoms with van der Waals surface area (Å²) in [5, 5.41) is 12.4. The molecular weight excluding hydrogens is 270 g/mol. The molecule has 7 heteroatoms. The van der Waals surface area contributed by atoms with E-state index in [9.17, 15) is 9.90 Å². The number of aliphatic carboxylic acids is 1. The molecular formula is C11H19N3O2S2. The van der Waals surface area contributed by atoms with Crippen LogP contribution in [-0.4, -0.2) is 37.8 Å². The zero-order valence-corrected chi connectivity index (χ0v) is 12.5. The van der Waals surface area contributed by atoms with Crippen molar-refractivity contribution in [2.75, 3.05) is 5.75 Å². The van der Waals surface area contributed by atoms with Crippen molar-refractivity contribution in [2.45, 2.75) is 49.5 Å². The normalized spacial score (nSPS) is 14.7. The molecule has 2 N–H and O–H groups in total. The molecule has 0 aliphatic carbocycles. The average molecular weight is 289 g/mol. The molecule has 5 nitrogen and oxygen atoms in total. The largest absolute Gasteiger partial charge is 0.480 e. The maximum Gasteiger partial charge on any atom is 0.323 e. The summed E-state index contributed by atoms with van der Waals surface area (Å²) in [6.45, 7) is 5.65. The molecule has 1 rings (SSSR count). The lowest BCUT2D eigenvalue weighted by molar-refractivity contribution is -0.144. The van der Waals surface area contributed by atoms with Crippen LogP contribution in [0.25, 0.3) is 0 Å². The molecule has 1 unspecified atom stereocenters. The molecule has 0 radical (unpaired) electrons. The first kappa shape index (κ1) is 15.4. The van der Waals surface area contributed by atoms with Crippen molar-refractivity contribution in [1.82, 2.24) is 14.7 Å². The lowest BCUT2D eigenvalue weighted by Gasteiger charge is -2.28. The summed E-state index contributed by atoms with van der Waals surface area (Å²) in [6, 6.07) is 0.155. The minimum Gasteiger partial charge on any atom is -0.480 e. The molecule has 1 atom stereocenters. The topological polar surface area (TPSA) is 75.1 Å². The summed E-state index contributed by atoms with van der Waals surface area (Å²) in [7, 11) is 0. The number of thioether (sulfide) groups is 1. The third kappa shape index (κ3) is 4.91. The Morgan fingerprint density at radius 2 is 2.39 bits per heavy atom. The van der Waals surface area contributed by atoms with Gasteiger partial charge in [-0.2, -0.15) is 4.37 Å². The SMILES string of the molecule is CC(C)NC(C)(CCCSc1ncns1)C(=O)O. The van der Waals surface area contributed by atoms with Crippen LogP contribution in [0.5, 0.6) is 0 Å². The average Bonchev–Trinajstić information content (AvgIpc) is 2.76. The Morgan fingerprint density at radius 1 is 1.67 bits per heavy atom. The minimum absolute atomic E-state index is 0.155. The van der Waals surface area contributed by atoms with Gasteiger partial charge >= 0.3 is 5.97 Å². The molecule has 1 aromatic rings. The predicted molar refractivity (Wildman–Crippen MR) is 74.2 cm³/mol. The number of rotatable bonds is 8. The van der Waals surface area contributed by atoms with E-state index in [1.165, 1.54) is 17.9 Å². The van der Waals surface area contributed by atoms with Gasteiger partial charge in [-0.05, 0) is 45.1 Å². The second-order valence-corrected chi connectivity index (χ2v) is 6.72. The number of nitrogens with zero attached hydrogens (tertiary/aromatic N) is 2. The van der Waals surface area contributed by atoms with Gasteiger partial charge in [-0.15, -0.1) is 0 Å². The summed E-state index contributed by atoms with van der Waals surface area (Å²) in [5.41, 5.74) is -0.851. The fraction of sp³-hybridized carbons (Fsp3) is 0.727. The molecule has 1 aromatic heterocycles. The van der Waals surface area contributed by atoms with E-state index in [2.05, 4.69) is 14.7 Å². The van der Waals surface area contributed by atoms with Gasteiger partial charge in [-0.3, -0.25) is 10.1 Å². The Morgan fingerprint density at radius 3 is 2.89 bits per heavy atom. The highest BCUT2D eigenvalue weighted by molar-refractivity contribution is 8.00. The highest BCUT2D eigenvalue weighted by atomic mass is 32.2. The van der Waals surface area contributed by atoms with Crippen LogP contribution in [0.2, 0.25) is 0 Å². The van der Waals surface area contributed by atoms with Gasteiger partial charge < -0.3 is 5.11 Å². The van der Waals surface area contributed by atoms with E-state index in [0.717, 1.165) is 16.5 Å². The first-order valence-electron chi connectivity index (χ1n) is 5.84. The number of hydrogen-bond donors (Lipinski definition) is 2. The van der Waals surface area contributed by atoms with Crippen LogP contribution >= 0.6 is 23.3 Å². The summed E-state index contributed by atoms with van der Waals surface area (Å²) < 4.78 is 4.85. The van der Waals surface area contributed by atoms with Crippen LogP contribution in [-0.2, 0) is 4.79 Å². The van der Waals surface area contributed by atoms with Crippen molar-refractivity contribution in [3.63, 3.8) is 0 Å². The maximum absolute atomic E-state index is 11.3. The zero-order chi connectivity index (χ0) is 13.6. The van der Waals surface area contributed by atoms with E-state index in [1.54, 1.807) is 18.7 Å². The van der Waals surface area contributed by atoms with Crippen LogP contribution in [0.1, 0.15) is 33.6 Å². The Labute approximate surface area is 116 Å². The van der Waals surface area contributed by atoms with Crippen LogP contribution in [0, 0.1) is 0 Å². The molecule has 0 amide bonds. The van der Waals surface area contributed by atoms with E-state index in [0.29, 0.717) is 6.42 Å². The third-order valence-corrected chi connectivity index (χ3v) is 4.35. The van der Waals surface area contributed by atoms with Crippen LogP contribution in [0.4, 0.5) is 0 Å². The highest BCUT2D eigenvalue weighted by Crippen LogP contribution is 2.22. The first-order valence-corrected chi connectivity index (χ1v) is 7.60. The van der Waals surface area contributed by atoms with E-state index in [4.69, 9.17) is 0 Å². The van der Waals surface area contributed by atoms with E-state index < -0.39 is 11.5 Å². The van der Waals surface area contributed by atoms with Gasteiger partial charge in [0.25, 0.3) is 0 Å². The Kier molecular flexibility index (Phi) is 6.04. The number of hydrogen-bond acceptors (Lipinski definition) is 6. The van der Waals surface area contributed by atoms with Gasteiger partial charge in [0.2, 0.25) is 0 Å². The Bertz CT molecular complexity index is 370. The van der Waals surface area contributed by atoms with E-state index in [1.807, 2.05) is 13.8 Å². The number of carbonyl (C=O) groups is 1. The fourth-order valence-electron chi connectivity index (χ4n) is 1.69. The standard InChI is InChI=1S/C11H19N3O2S2/c1-8(2)14-11(3,9(15)16)5-4-6-17-10-12-7-13-18-10/h7-8,14H,4-6H2,1-3H3,(H,15,16). The predicted octanol–water partition coefficient (Wildman–Crippen LogP) is 2.25. The van der Waals surface area contributed by atoms with Crippen molar-refractivity contribution < 1.29 is 9.90 Å². The van der Waals surface area contributed by atoms with E-state index >= 15 is 0 Å². The molecule has 0 aliphatic rings. The molecule has 1 heterocycles. The summed E-state index contributed by atoms with van der Waals surface area (Å²) in [6.07, 6.45) is 2.97. The summed E-state index contributed by atoms with van der Waals surface area (Å²) in [4.78, 5) is 15.4. The number of carboxylic acid groups (broad SMARTS) is 1. The molecule has 0 spiro atoms. The molecule has 0 fully saturated rings. The fourth-order valence-corrected chi connectivity index (χ4v) is 3.14. The lowest BCUT2D eigenvalue weighted by atomic mass is 9.95. The summed E-state index contributed by atoms with van der Waals surface area (Å²) >= 11 is 2.99. The molecule has 0 aliphatic heterocycles. The van der Waals surface area contributed by atoms with Gasteiger partial charge in [0, 0.05) is 11.8 Å². The monoisotopic (exact) mass is 289 g/mol. The highest BCUT2D eigenvalue weighted by Gasteiger charge is 2.32. The first-order chi connectivity index (χ1) is 8.44. The number of carboxylic acids is 1. The zero-order valence-electron chi connectivity index (χ0n) is 10.8. The molecule has 0 saturated carbocycles.